The first-order valence-corrected chi connectivity index (χ1v) is 14.3. The lowest BCUT2D eigenvalue weighted by atomic mass is 9.96. The summed E-state index contributed by atoms with van der Waals surface area (Å²) in [6.45, 7) is 6.15. The van der Waals surface area contributed by atoms with Crippen LogP contribution in [0.2, 0.25) is 0 Å². The van der Waals surface area contributed by atoms with Gasteiger partial charge in [0.25, 0.3) is 0 Å². The molecule has 1 aromatic heterocycles. The number of urea groups is 1. The highest BCUT2D eigenvalue weighted by atomic mass is 19.1. The molecule has 7 heteroatoms. The number of amides is 2. The predicted octanol–water partition coefficient (Wildman–Crippen LogP) is 6.72. The van der Waals surface area contributed by atoms with Crippen LogP contribution < -0.4 is 9.80 Å². The second kappa shape index (κ2) is 9.14. The second-order valence-electron chi connectivity index (χ2n) is 11.7. The van der Waals surface area contributed by atoms with Crippen LogP contribution in [0.5, 0.6) is 0 Å². The number of halogens is 1. The van der Waals surface area contributed by atoms with Crippen LogP contribution in [0.15, 0.2) is 48.7 Å². The van der Waals surface area contributed by atoms with Crippen molar-refractivity contribution in [3.05, 3.63) is 76.7 Å². The van der Waals surface area contributed by atoms with Crippen molar-refractivity contribution in [3.63, 3.8) is 0 Å². The molecule has 1 saturated heterocycles. The number of piperidine rings is 1. The van der Waals surface area contributed by atoms with Crippen molar-refractivity contribution >= 4 is 17.5 Å². The fourth-order valence-electron chi connectivity index (χ4n) is 6.62. The van der Waals surface area contributed by atoms with E-state index in [1.807, 2.05) is 17.9 Å². The van der Waals surface area contributed by atoms with Gasteiger partial charge in [-0.15, -0.1) is 0 Å². The minimum Gasteiger partial charge on any atom is -0.369 e. The molecule has 1 atom stereocenters. The Labute approximate surface area is 224 Å². The molecule has 3 heterocycles. The third-order valence-corrected chi connectivity index (χ3v) is 9.00. The Morgan fingerprint density at radius 3 is 2.39 bits per heavy atom. The molecule has 2 aromatic carbocycles. The van der Waals surface area contributed by atoms with E-state index in [1.54, 1.807) is 12.1 Å². The number of aromatic nitrogens is 2. The average molecular weight is 514 g/mol. The van der Waals surface area contributed by atoms with Gasteiger partial charge in [0, 0.05) is 30.9 Å². The van der Waals surface area contributed by atoms with Crippen molar-refractivity contribution in [1.82, 2.24) is 14.7 Å². The lowest BCUT2D eigenvalue weighted by molar-refractivity contribution is 0.136. The minimum atomic E-state index is -0.163. The van der Waals surface area contributed by atoms with Crippen LogP contribution in [0.25, 0.3) is 0 Å². The highest BCUT2D eigenvalue weighted by Crippen LogP contribution is 2.45. The van der Waals surface area contributed by atoms with Crippen molar-refractivity contribution in [1.29, 1.82) is 0 Å². The number of benzene rings is 2. The Bertz CT molecular complexity index is 1350. The molecule has 198 valence electrons. The molecule has 2 aliphatic heterocycles. The fourth-order valence-corrected chi connectivity index (χ4v) is 6.62. The summed E-state index contributed by atoms with van der Waals surface area (Å²) in [4.78, 5) is 20.5. The first kappa shape index (κ1) is 23.7. The van der Waals surface area contributed by atoms with Gasteiger partial charge in [-0.1, -0.05) is 36.4 Å². The van der Waals surface area contributed by atoms with Crippen LogP contribution in [-0.4, -0.2) is 39.8 Å². The molecule has 0 spiro atoms. The lowest BCUT2D eigenvalue weighted by Gasteiger charge is -2.46. The standard InChI is InChI=1S/C31H36FN5O/c1-20-6-5-9-28(32)29(20)34-16-14-25(15-17-34)37-21(2)27-19-36(24-12-13-24)33-30(27)35(31(37)38)18-23-7-3-4-8-26(23)22-10-11-22/h3-9,19,21-22,24-25H,10-18H2,1-2H3/t21-/m0/s1. The predicted molar refractivity (Wildman–Crippen MR) is 147 cm³/mol. The zero-order valence-corrected chi connectivity index (χ0v) is 22.3. The Morgan fingerprint density at radius 2 is 1.68 bits per heavy atom. The minimum absolute atomic E-state index is 0.0355. The van der Waals surface area contributed by atoms with Gasteiger partial charge in [-0.3, -0.25) is 9.58 Å². The molecule has 4 aliphatic rings. The summed E-state index contributed by atoms with van der Waals surface area (Å²) in [5.74, 6) is 1.29. The monoisotopic (exact) mass is 513 g/mol. The van der Waals surface area contributed by atoms with Gasteiger partial charge < -0.3 is 9.80 Å². The third-order valence-electron chi connectivity index (χ3n) is 9.00. The summed E-state index contributed by atoms with van der Waals surface area (Å²) >= 11 is 0. The molecule has 6 nitrogen and oxygen atoms in total. The maximum Gasteiger partial charge on any atom is 0.326 e. The number of para-hydroxylation sites is 1. The Balaban J connectivity index is 1.18. The molecule has 2 saturated carbocycles. The van der Waals surface area contributed by atoms with E-state index < -0.39 is 0 Å². The molecule has 2 amide bonds. The molecule has 0 radical (unpaired) electrons. The lowest BCUT2D eigenvalue weighted by Crippen LogP contribution is -2.55. The van der Waals surface area contributed by atoms with Crippen LogP contribution in [0.1, 0.15) is 85.7 Å². The van der Waals surface area contributed by atoms with E-state index in [-0.39, 0.29) is 23.9 Å². The first-order valence-electron chi connectivity index (χ1n) is 14.3. The summed E-state index contributed by atoms with van der Waals surface area (Å²) in [7, 11) is 0. The number of aryl methyl sites for hydroxylation is 1. The van der Waals surface area contributed by atoms with Crippen LogP contribution in [0.3, 0.4) is 0 Å². The summed E-state index contributed by atoms with van der Waals surface area (Å²) < 4.78 is 16.8. The highest BCUT2D eigenvalue weighted by molar-refractivity contribution is 5.94. The maximum absolute atomic E-state index is 14.7. The summed E-state index contributed by atoms with van der Waals surface area (Å²) in [6.07, 6.45) is 8.61. The van der Waals surface area contributed by atoms with E-state index in [0.717, 1.165) is 55.7 Å². The molecule has 0 unspecified atom stereocenters. The smallest absolute Gasteiger partial charge is 0.326 e. The number of hydrogen-bond donors (Lipinski definition) is 0. The normalized spacial score (nSPS) is 22.2. The summed E-state index contributed by atoms with van der Waals surface area (Å²) in [5.41, 5.74) is 5.42. The van der Waals surface area contributed by atoms with Crippen molar-refractivity contribution in [3.8, 4) is 0 Å². The van der Waals surface area contributed by atoms with E-state index in [9.17, 15) is 9.18 Å². The Kier molecular flexibility index (Phi) is 5.71. The molecule has 7 rings (SSSR count). The molecule has 3 fully saturated rings. The molecular formula is C31H36FN5O. The number of rotatable bonds is 6. The zero-order valence-electron chi connectivity index (χ0n) is 22.3. The van der Waals surface area contributed by atoms with E-state index in [0.29, 0.717) is 24.2 Å². The van der Waals surface area contributed by atoms with Gasteiger partial charge in [-0.2, -0.15) is 5.10 Å². The first-order chi connectivity index (χ1) is 18.5. The molecule has 0 N–H and O–H groups in total. The van der Waals surface area contributed by atoms with Gasteiger partial charge in [-0.25, -0.2) is 9.18 Å². The van der Waals surface area contributed by atoms with Gasteiger partial charge >= 0.3 is 6.03 Å². The molecule has 0 bridgehead atoms. The van der Waals surface area contributed by atoms with Gasteiger partial charge in [0.05, 0.1) is 24.3 Å². The topological polar surface area (TPSA) is 44.6 Å². The number of nitrogens with zero attached hydrogens (tertiary/aromatic N) is 5. The van der Waals surface area contributed by atoms with Crippen molar-refractivity contribution < 1.29 is 9.18 Å². The van der Waals surface area contributed by atoms with E-state index in [2.05, 4.69) is 51.9 Å². The van der Waals surface area contributed by atoms with E-state index in [1.165, 1.54) is 24.0 Å². The van der Waals surface area contributed by atoms with Gasteiger partial charge in [0.2, 0.25) is 0 Å². The summed E-state index contributed by atoms with van der Waals surface area (Å²) in [6, 6.07) is 14.5. The number of carbonyl (C=O) groups is 1. The second-order valence-corrected chi connectivity index (χ2v) is 11.7. The average Bonchev–Trinajstić information content (AvgIpc) is 3.86. The van der Waals surface area contributed by atoms with Crippen LogP contribution in [-0.2, 0) is 6.54 Å². The van der Waals surface area contributed by atoms with Crippen molar-refractivity contribution in [2.24, 2.45) is 0 Å². The van der Waals surface area contributed by atoms with Crippen LogP contribution in [0.4, 0.5) is 20.7 Å². The van der Waals surface area contributed by atoms with Gasteiger partial charge in [0.15, 0.2) is 5.82 Å². The number of fused-ring (bicyclic) bond motifs is 1. The number of carbonyl (C=O) groups excluding carboxylic acids is 1. The number of hydrogen-bond acceptors (Lipinski definition) is 3. The van der Waals surface area contributed by atoms with Gasteiger partial charge in [0.1, 0.15) is 5.82 Å². The van der Waals surface area contributed by atoms with Crippen molar-refractivity contribution in [2.45, 2.75) is 83.0 Å². The Hall–Kier alpha value is -3.35. The molecule has 38 heavy (non-hydrogen) atoms. The van der Waals surface area contributed by atoms with Crippen LogP contribution in [0, 0.1) is 12.7 Å². The van der Waals surface area contributed by atoms with Crippen LogP contribution >= 0.6 is 0 Å². The van der Waals surface area contributed by atoms with E-state index in [4.69, 9.17) is 5.10 Å². The molecule has 3 aromatic rings. The molecular weight excluding hydrogens is 477 g/mol. The van der Waals surface area contributed by atoms with Gasteiger partial charge in [-0.05, 0) is 81.0 Å². The fraction of sp³-hybridized carbons (Fsp3) is 0.484. The van der Waals surface area contributed by atoms with E-state index >= 15 is 0 Å². The third kappa shape index (κ3) is 4.07. The summed E-state index contributed by atoms with van der Waals surface area (Å²) in [5, 5.41) is 4.98. The van der Waals surface area contributed by atoms with Crippen molar-refractivity contribution in [2.75, 3.05) is 22.9 Å². The largest absolute Gasteiger partial charge is 0.369 e. The SMILES string of the molecule is Cc1cccc(F)c1N1CCC(N2C(=O)N(Cc3ccccc3C3CC3)c3nn(C4CC4)cc3[C@@H]2C)CC1. The zero-order chi connectivity index (χ0) is 26.0. The number of anilines is 2. The highest BCUT2D eigenvalue weighted by Gasteiger charge is 2.43. The quantitative estimate of drug-likeness (QED) is 0.368. The maximum atomic E-state index is 14.7. The molecule has 2 aliphatic carbocycles. The Morgan fingerprint density at radius 1 is 0.921 bits per heavy atom.